The maximum atomic E-state index is 13.4. The lowest BCUT2D eigenvalue weighted by atomic mass is 9.87. The van der Waals surface area contributed by atoms with E-state index >= 15 is 0 Å². The van der Waals surface area contributed by atoms with Crippen molar-refractivity contribution in [3.63, 3.8) is 0 Å². The number of rotatable bonds is 9. The van der Waals surface area contributed by atoms with Crippen LogP contribution in [0, 0.1) is 5.92 Å². The summed E-state index contributed by atoms with van der Waals surface area (Å²) in [5.41, 5.74) is 1.76. The van der Waals surface area contributed by atoms with E-state index < -0.39 is 23.4 Å². The SMILES string of the molecule is CCC1(c2ccccc2)NC(=O)N(CC(=O)NC(c2ccc(CC(C)C)cc2)c2cccs2)C1=O. The number of hydrogen-bond acceptors (Lipinski definition) is 4. The van der Waals surface area contributed by atoms with Crippen LogP contribution in [0.1, 0.15) is 54.8 Å². The molecule has 7 heteroatoms. The average molecular weight is 490 g/mol. The van der Waals surface area contributed by atoms with Crippen molar-refractivity contribution in [2.24, 2.45) is 5.92 Å². The van der Waals surface area contributed by atoms with E-state index in [9.17, 15) is 14.4 Å². The quantitative estimate of drug-likeness (QED) is 0.415. The third-order valence-corrected chi connectivity index (χ3v) is 7.30. The van der Waals surface area contributed by atoms with Gasteiger partial charge < -0.3 is 10.6 Å². The summed E-state index contributed by atoms with van der Waals surface area (Å²) in [4.78, 5) is 41.3. The van der Waals surface area contributed by atoms with E-state index in [0.29, 0.717) is 17.9 Å². The van der Waals surface area contributed by atoms with E-state index in [-0.39, 0.29) is 12.6 Å². The van der Waals surface area contributed by atoms with E-state index in [0.717, 1.165) is 21.8 Å². The number of thiophene rings is 1. The van der Waals surface area contributed by atoms with Crippen molar-refractivity contribution < 1.29 is 14.4 Å². The molecule has 3 aromatic rings. The van der Waals surface area contributed by atoms with Crippen LogP contribution in [0.2, 0.25) is 0 Å². The lowest BCUT2D eigenvalue weighted by Crippen LogP contribution is -2.45. The summed E-state index contributed by atoms with van der Waals surface area (Å²) in [5.74, 6) is -0.237. The predicted octanol–water partition coefficient (Wildman–Crippen LogP) is 5.01. The van der Waals surface area contributed by atoms with Gasteiger partial charge in [-0.05, 0) is 46.9 Å². The molecule has 0 saturated carbocycles. The number of hydrogen-bond donors (Lipinski definition) is 2. The Morgan fingerprint density at radius 3 is 2.34 bits per heavy atom. The van der Waals surface area contributed by atoms with Crippen LogP contribution in [0.3, 0.4) is 0 Å². The molecule has 0 radical (unpaired) electrons. The molecule has 1 aliphatic rings. The van der Waals surface area contributed by atoms with Crippen molar-refractivity contribution in [1.82, 2.24) is 15.5 Å². The maximum absolute atomic E-state index is 13.4. The molecule has 2 atom stereocenters. The lowest BCUT2D eigenvalue weighted by Gasteiger charge is -2.26. The monoisotopic (exact) mass is 489 g/mol. The molecule has 1 saturated heterocycles. The van der Waals surface area contributed by atoms with Gasteiger partial charge in [-0.1, -0.05) is 81.4 Å². The standard InChI is InChI=1S/C28H31N3O3S/c1-4-28(22-9-6-5-7-10-22)26(33)31(27(34)30-28)18-24(32)29-25(23-11-8-16-35-23)21-14-12-20(13-15-21)17-19(2)3/h5-16,19,25H,4,17-18H2,1-3H3,(H,29,32)(H,30,34). The zero-order valence-electron chi connectivity index (χ0n) is 20.3. The van der Waals surface area contributed by atoms with Crippen LogP contribution in [0.15, 0.2) is 72.1 Å². The molecule has 0 bridgehead atoms. The first-order valence-corrected chi connectivity index (χ1v) is 12.8. The number of benzene rings is 2. The first-order chi connectivity index (χ1) is 16.8. The fourth-order valence-electron chi connectivity index (χ4n) is 4.57. The second-order valence-electron chi connectivity index (χ2n) is 9.30. The van der Waals surface area contributed by atoms with Crippen LogP contribution in [0.5, 0.6) is 0 Å². The summed E-state index contributed by atoms with van der Waals surface area (Å²) in [5, 5.41) is 7.85. The van der Waals surface area contributed by atoms with Crippen LogP contribution in [0.4, 0.5) is 4.79 Å². The van der Waals surface area contributed by atoms with Gasteiger partial charge in [0.2, 0.25) is 5.91 Å². The van der Waals surface area contributed by atoms with E-state index in [1.54, 1.807) is 11.3 Å². The van der Waals surface area contributed by atoms with Gasteiger partial charge in [0, 0.05) is 4.88 Å². The number of imide groups is 1. The minimum atomic E-state index is -1.15. The lowest BCUT2D eigenvalue weighted by molar-refractivity contribution is -0.135. The summed E-state index contributed by atoms with van der Waals surface area (Å²) in [6.45, 7) is 5.88. The van der Waals surface area contributed by atoms with Crippen molar-refractivity contribution in [2.45, 2.75) is 45.2 Å². The minimum Gasteiger partial charge on any atom is -0.343 e. The maximum Gasteiger partial charge on any atom is 0.325 e. The molecule has 4 amide bonds. The molecule has 0 spiro atoms. The number of carbonyl (C=O) groups is 3. The number of carbonyl (C=O) groups excluding carboxylic acids is 3. The third-order valence-electron chi connectivity index (χ3n) is 6.36. The van der Waals surface area contributed by atoms with Crippen LogP contribution in [0.25, 0.3) is 0 Å². The zero-order valence-corrected chi connectivity index (χ0v) is 21.1. The topological polar surface area (TPSA) is 78.5 Å². The highest BCUT2D eigenvalue weighted by Gasteiger charge is 2.51. The molecule has 6 nitrogen and oxygen atoms in total. The van der Waals surface area contributed by atoms with E-state index in [4.69, 9.17) is 0 Å². The molecule has 1 aromatic heterocycles. The summed E-state index contributed by atoms with van der Waals surface area (Å²) in [6, 6.07) is 20.4. The highest BCUT2D eigenvalue weighted by Crippen LogP contribution is 2.32. The van der Waals surface area contributed by atoms with E-state index in [1.165, 1.54) is 5.56 Å². The van der Waals surface area contributed by atoms with Gasteiger partial charge in [0.25, 0.3) is 5.91 Å². The van der Waals surface area contributed by atoms with Crippen molar-refractivity contribution in [2.75, 3.05) is 6.54 Å². The van der Waals surface area contributed by atoms with Crippen LogP contribution in [-0.4, -0.2) is 29.3 Å². The second kappa shape index (κ2) is 10.4. The van der Waals surface area contributed by atoms with Crippen molar-refractivity contribution >= 4 is 29.2 Å². The molecular formula is C28H31N3O3S. The van der Waals surface area contributed by atoms with Gasteiger partial charge in [-0.25, -0.2) is 4.79 Å². The third kappa shape index (κ3) is 5.15. The largest absolute Gasteiger partial charge is 0.343 e. The van der Waals surface area contributed by atoms with Gasteiger partial charge in [0.1, 0.15) is 12.1 Å². The molecule has 2 unspecified atom stereocenters. The molecule has 4 rings (SSSR count). The summed E-state index contributed by atoms with van der Waals surface area (Å²) in [6.07, 6.45) is 1.38. The van der Waals surface area contributed by atoms with Gasteiger partial charge in [-0.2, -0.15) is 0 Å². The highest BCUT2D eigenvalue weighted by molar-refractivity contribution is 7.10. The molecule has 2 N–H and O–H groups in total. The zero-order chi connectivity index (χ0) is 25.0. The molecule has 1 aliphatic heterocycles. The Morgan fingerprint density at radius 1 is 1.03 bits per heavy atom. The Balaban J connectivity index is 1.52. The molecule has 2 aromatic carbocycles. The van der Waals surface area contributed by atoms with E-state index in [2.05, 4.69) is 36.6 Å². The number of nitrogens with one attached hydrogen (secondary N) is 2. The molecular weight excluding hydrogens is 458 g/mol. The molecule has 0 aliphatic carbocycles. The Hall–Kier alpha value is -3.45. The fraction of sp³-hybridized carbons (Fsp3) is 0.321. The number of urea groups is 1. The van der Waals surface area contributed by atoms with Crippen molar-refractivity contribution in [1.29, 1.82) is 0 Å². The Kier molecular flexibility index (Phi) is 7.36. The molecule has 2 heterocycles. The van der Waals surface area contributed by atoms with Crippen molar-refractivity contribution in [3.8, 4) is 0 Å². The first-order valence-electron chi connectivity index (χ1n) is 11.9. The Bertz CT molecular complexity index is 1180. The van der Waals surface area contributed by atoms with E-state index in [1.807, 2.05) is 66.9 Å². The Labute approximate surface area is 210 Å². The normalized spacial score (nSPS) is 18.6. The smallest absolute Gasteiger partial charge is 0.325 e. The van der Waals surface area contributed by atoms with Gasteiger partial charge in [0.05, 0.1) is 6.04 Å². The van der Waals surface area contributed by atoms with Gasteiger partial charge in [0.15, 0.2) is 0 Å². The summed E-state index contributed by atoms with van der Waals surface area (Å²) < 4.78 is 0. The number of nitrogens with zero attached hydrogens (tertiary/aromatic N) is 1. The van der Waals surface area contributed by atoms with Crippen LogP contribution >= 0.6 is 11.3 Å². The van der Waals surface area contributed by atoms with Gasteiger partial charge in [-0.15, -0.1) is 11.3 Å². The Morgan fingerprint density at radius 2 is 1.74 bits per heavy atom. The highest BCUT2D eigenvalue weighted by atomic mass is 32.1. The molecule has 1 fully saturated rings. The van der Waals surface area contributed by atoms with Crippen LogP contribution < -0.4 is 10.6 Å². The summed E-state index contributed by atoms with van der Waals surface area (Å²) >= 11 is 1.55. The summed E-state index contributed by atoms with van der Waals surface area (Å²) in [7, 11) is 0. The van der Waals surface area contributed by atoms with Crippen LogP contribution in [-0.2, 0) is 21.5 Å². The van der Waals surface area contributed by atoms with Crippen molar-refractivity contribution in [3.05, 3.63) is 93.7 Å². The van der Waals surface area contributed by atoms with Gasteiger partial charge in [-0.3, -0.25) is 14.5 Å². The molecule has 182 valence electrons. The number of amides is 4. The molecule has 35 heavy (non-hydrogen) atoms. The fourth-order valence-corrected chi connectivity index (χ4v) is 5.38. The predicted molar refractivity (Wildman–Crippen MR) is 138 cm³/mol. The average Bonchev–Trinajstić information content (AvgIpc) is 3.47. The first kappa shape index (κ1) is 24.7. The van der Waals surface area contributed by atoms with Gasteiger partial charge >= 0.3 is 6.03 Å². The second-order valence-corrected chi connectivity index (χ2v) is 10.3. The minimum absolute atomic E-state index is 0.341.